The Morgan fingerprint density at radius 3 is 2.61 bits per heavy atom. The lowest BCUT2D eigenvalue weighted by Crippen LogP contribution is -2.34. The smallest absolute Gasteiger partial charge is 0.286 e. The number of hydrogen-bond acceptors (Lipinski definition) is 5. The number of aromatic nitrogens is 1. The Balaban J connectivity index is 1.54. The Hall–Kier alpha value is -3.45. The van der Waals surface area contributed by atoms with Gasteiger partial charge in [0.1, 0.15) is 0 Å². The number of amides is 2. The molecule has 4 aromatic rings. The van der Waals surface area contributed by atoms with Crippen LogP contribution in [-0.2, 0) is 11.3 Å². The molecule has 2 heterocycles. The third-order valence-corrected chi connectivity index (χ3v) is 6.20. The highest BCUT2D eigenvalue weighted by Gasteiger charge is 2.21. The Kier molecular flexibility index (Phi) is 6.13. The van der Waals surface area contributed by atoms with Crippen molar-refractivity contribution < 1.29 is 14.0 Å². The van der Waals surface area contributed by atoms with Gasteiger partial charge in [0, 0.05) is 13.0 Å². The molecule has 0 unspecified atom stereocenters. The lowest BCUT2D eigenvalue weighted by Gasteiger charge is -2.20. The predicted molar refractivity (Wildman–Crippen MR) is 122 cm³/mol. The average molecular weight is 434 g/mol. The zero-order valence-corrected chi connectivity index (χ0v) is 18.2. The van der Waals surface area contributed by atoms with Gasteiger partial charge in [0.2, 0.25) is 5.91 Å². The van der Waals surface area contributed by atoms with Crippen molar-refractivity contribution in [1.29, 1.82) is 0 Å². The van der Waals surface area contributed by atoms with Gasteiger partial charge in [-0.3, -0.25) is 14.5 Å². The second-order valence-electron chi connectivity index (χ2n) is 7.30. The summed E-state index contributed by atoms with van der Waals surface area (Å²) in [5.74, 6) is -0.207. The fraction of sp³-hybridized carbons (Fsp3) is 0.208. The summed E-state index contributed by atoms with van der Waals surface area (Å²) < 4.78 is 6.14. The van der Waals surface area contributed by atoms with Crippen LogP contribution in [0.5, 0.6) is 0 Å². The van der Waals surface area contributed by atoms with E-state index in [1.54, 1.807) is 17.0 Å². The number of nitrogens with one attached hydrogen (secondary N) is 1. The number of nitrogens with zero attached hydrogens (tertiary/aromatic N) is 2. The summed E-state index contributed by atoms with van der Waals surface area (Å²) in [5.41, 5.74) is 4.24. The van der Waals surface area contributed by atoms with E-state index in [0.717, 1.165) is 21.3 Å². The summed E-state index contributed by atoms with van der Waals surface area (Å²) in [6, 6.07) is 17.2. The molecule has 158 valence electrons. The normalized spacial score (nSPS) is 10.9. The maximum Gasteiger partial charge on any atom is 0.286 e. The van der Waals surface area contributed by atoms with Gasteiger partial charge in [0.25, 0.3) is 5.91 Å². The molecule has 0 atom stereocenters. The van der Waals surface area contributed by atoms with E-state index in [0.29, 0.717) is 11.7 Å². The minimum Gasteiger partial charge on any atom is -0.459 e. The van der Waals surface area contributed by atoms with E-state index in [1.807, 2.05) is 36.4 Å². The van der Waals surface area contributed by atoms with Gasteiger partial charge in [-0.1, -0.05) is 47.7 Å². The first-order valence-electron chi connectivity index (χ1n) is 10.1. The first-order valence-corrected chi connectivity index (χ1v) is 10.9. The number of carbonyl (C=O) groups is 2. The van der Waals surface area contributed by atoms with Crippen LogP contribution in [0, 0.1) is 13.8 Å². The number of benzene rings is 2. The lowest BCUT2D eigenvalue weighted by molar-refractivity contribution is -0.118. The lowest BCUT2D eigenvalue weighted by atomic mass is 10.1. The van der Waals surface area contributed by atoms with Crippen LogP contribution in [-0.4, -0.2) is 23.3 Å². The molecule has 0 saturated carbocycles. The quantitative estimate of drug-likeness (QED) is 0.452. The average Bonchev–Trinajstić information content (AvgIpc) is 3.46. The molecule has 7 heteroatoms. The van der Waals surface area contributed by atoms with Gasteiger partial charge < -0.3 is 9.73 Å². The first kappa shape index (κ1) is 20.8. The van der Waals surface area contributed by atoms with Gasteiger partial charge in [0.05, 0.1) is 23.0 Å². The van der Waals surface area contributed by atoms with E-state index in [4.69, 9.17) is 9.40 Å². The molecule has 0 spiro atoms. The number of hydrogen-bond donors (Lipinski definition) is 1. The number of rotatable bonds is 7. The van der Waals surface area contributed by atoms with Crippen molar-refractivity contribution in [2.75, 3.05) is 11.4 Å². The minimum atomic E-state index is -0.335. The van der Waals surface area contributed by atoms with E-state index < -0.39 is 0 Å². The molecule has 0 saturated heterocycles. The number of aryl methyl sites for hydroxylation is 2. The molecule has 2 amide bonds. The first-order chi connectivity index (χ1) is 15.0. The van der Waals surface area contributed by atoms with E-state index in [9.17, 15) is 9.59 Å². The molecule has 0 fully saturated rings. The fourth-order valence-corrected chi connectivity index (χ4v) is 4.31. The zero-order valence-electron chi connectivity index (χ0n) is 17.4. The van der Waals surface area contributed by atoms with Crippen molar-refractivity contribution >= 4 is 38.5 Å². The number of thiazole rings is 1. The summed E-state index contributed by atoms with van der Waals surface area (Å²) >= 11 is 1.51. The van der Waals surface area contributed by atoms with Gasteiger partial charge in [-0.05, 0) is 48.7 Å². The molecule has 0 aliphatic rings. The summed E-state index contributed by atoms with van der Waals surface area (Å²) in [5, 5.41) is 3.39. The van der Waals surface area contributed by atoms with E-state index >= 15 is 0 Å². The van der Waals surface area contributed by atoms with Crippen molar-refractivity contribution in [3.8, 4) is 0 Å². The number of fused-ring (bicyclic) bond motifs is 1. The van der Waals surface area contributed by atoms with Crippen LogP contribution < -0.4 is 10.2 Å². The van der Waals surface area contributed by atoms with Crippen molar-refractivity contribution in [2.45, 2.75) is 26.8 Å². The Morgan fingerprint density at radius 1 is 1.06 bits per heavy atom. The summed E-state index contributed by atoms with van der Waals surface area (Å²) in [6.45, 7) is 4.74. The van der Waals surface area contributed by atoms with Crippen LogP contribution >= 0.6 is 11.3 Å². The van der Waals surface area contributed by atoms with Gasteiger partial charge in [-0.2, -0.15) is 0 Å². The molecule has 1 N–H and O–H groups in total. The molecule has 2 aromatic carbocycles. The van der Waals surface area contributed by atoms with Gasteiger partial charge >= 0.3 is 0 Å². The fourth-order valence-electron chi connectivity index (χ4n) is 3.27. The molecule has 0 aliphatic carbocycles. The third-order valence-electron chi connectivity index (χ3n) is 5.16. The minimum absolute atomic E-state index is 0.1000. The van der Waals surface area contributed by atoms with Crippen LogP contribution in [0.4, 0.5) is 5.13 Å². The summed E-state index contributed by atoms with van der Waals surface area (Å²) in [4.78, 5) is 31.7. The van der Waals surface area contributed by atoms with E-state index in [1.165, 1.54) is 23.2 Å². The monoisotopic (exact) mass is 433 g/mol. The topological polar surface area (TPSA) is 75.4 Å². The Labute approximate surface area is 184 Å². The Bertz CT molecular complexity index is 1200. The highest BCUT2D eigenvalue weighted by molar-refractivity contribution is 7.22. The molecular formula is C24H23N3O3S. The highest BCUT2D eigenvalue weighted by atomic mass is 32.1. The van der Waals surface area contributed by atoms with Crippen LogP contribution in [0.2, 0.25) is 0 Å². The molecule has 0 radical (unpaired) electrons. The molecule has 0 bridgehead atoms. The maximum atomic E-state index is 13.2. The second kappa shape index (κ2) is 9.14. The van der Waals surface area contributed by atoms with Crippen molar-refractivity contribution in [3.63, 3.8) is 0 Å². The number of anilines is 1. The molecule has 0 aliphatic heterocycles. The van der Waals surface area contributed by atoms with Gasteiger partial charge in [0.15, 0.2) is 10.9 Å². The third kappa shape index (κ3) is 4.67. The number of furan rings is 1. The number of carbonyl (C=O) groups excluding carboxylic acids is 2. The molecule has 4 rings (SSSR count). The van der Waals surface area contributed by atoms with Crippen LogP contribution in [0.25, 0.3) is 10.2 Å². The Morgan fingerprint density at radius 2 is 1.87 bits per heavy atom. The molecule has 6 nitrogen and oxygen atoms in total. The second-order valence-corrected chi connectivity index (χ2v) is 8.31. The molecule has 31 heavy (non-hydrogen) atoms. The molecular weight excluding hydrogens is 410 g/mol. The van der Waals surface area contributed by atoms with Crippen molar-refractivity contribution in [1.82, 2.24) is 10.3 Å². The highest BCUT2D eigenvalue weighted by Crippen LogP contribution is 2.33. The van der Waals surface area contributed by atoms with E-state index in [2.05, 4.69) is 25.2 Å². The van der Waals surface area contributed by atoms with Crippen LogP contribution in [0.1, 0.15) is 33.7 Å². The van der Waals surface area contributed by atoms with E-state index in [-0.39, 0.29) is 30.5 Å². The van der Waals surface area contributed by atoms with Gasteiger partial charge in [-0.15, -0.1) is 0 Å². The standard InChI is InChI=1S/C24H23N3O3S/c1-16-10-11-20-22(17(16)2)26-24(31-20)27(15-18-7-4-3-5-8-18)21(28)12-13-25-23(29)19-9-6-14-30-19/h3-11,14H,12-13,15H2,1-2H3,(H,25,29). The maximum absolute atomic E-state index is 13.2. The zero-order chi connectivity index (χ0) is 21.8. The summed E-state index contributed by atoms with van der Waals surface area (Å²) in [6.07, 6.45) is 1.60. The predicted octanol–water partition coefficient (Wildman–Crippen LogP) is 4.86. The van der Waals surface area contributed by atoms with Gasteiger partial charge in [-0.25, -0.2) is 4.98 Å². The largest absolute Gasteiger partial charge is 0.459 e. The van der Waals surface area contributed by atoms with Crippen molar-refractivity contribution in [3.05, 3.63) is 83.3 Å². The van der Waals surface area contributed by atoms with Crippen molar-refractivity contribution in [2.24, 2.45) is 0 Å². The SMILES string of the molecule is Cc1ccc2sc(N(Cc3ccccc3)C(=O)CCNC(=O)c3ccco3)nc2c1C. The molecule has 2 aromatic heterocycles. The van der Waals surface area contributed by atoms with Crippen LogP contribution in [0.15, 0.2) is 65.3 Å². The van der Waals surface area contributed by atoms with Crippen LogP contribution in [0.3, 0.4) is 0 Å². The summed E-state index contributed by atoms with van der Waals surface area (Å²) in [7, 11) is 0.